The Balaban J connectivity index is 2.57. The number of hydrogen-bond donors (Lipinski definition) is 1. The molecule has 0 aliphatic carbocycles. The Morgan fingerprint density at radius 1 is 1.37 bits per heavy atom. The maximum Gasteiger partial charge on any atom is 0.507 e. The van der Waals surface area contributed by atoms with Gasteiger partial charge < -0.3 is 9.84 Å². The number of ether oxygens (including phenoxy) is 1. The number of hydrogen-bond acceptors (Lipinski definition) is 6. The molecule has 0 fully saturated rings. The van der Waals surface area contributed by atoms with E-state index in [1.807, 2.05) is 0 Å². The second kappa shape index (κ2) is 9.51. The van der Waals surface area contributed by atoms with Crippen molar-refractivity contribution >= 4 is 35.4 Å². The standard InChI is InChI=1S/C16H17ClF3N5O4S/c1-4-5-10(29-15(27)28)25-14(24(2)22-23-25)21-13(26)8-6-7-9(16(18,19)20)12(30-3)11(8)17/h6-7,10H,4-5H2,1-3H3,(H,27,28). The van der Waals surface area contributed by atoms with Crippen LogP contribution in [0.4, 0.5) is 18.0 Å². The van der Waals surface area contributed by atoms with E-state index in [0.717, 1.165) is 33.3 Å². The minimum atomic E-state index is -4.64. The van der Waals surface area contributed by atoms with Crippen LogP contribution in [0.15, 0.2) is 22.0 Å². The highest BCUT2D eigenvalue weighted by Crippen LogP contribution is 2.41. The van der Waals surface area contributed by atoms with Crippen molar-refractivity contribution in [3.8, 4) is 0 Å². The maximum absolute atomic E-state index is 13.2. The van der Waals surface area contributed by atoms with E-state index >= 15 is 0 Å². The van der Waals surface area contributed by atoms with Crippen LogP contribution in [0.3, 0.4) is 0 Å². The van der Waals surface area contributed by atoms with Gasteiger partial charge in [-0.3, -0.25) is 4.79 Å². The fraction of sp³-hybridized carbons (Fsp3) is 0.438. The largest absolute Gasteiger partial charge is 0.507 e. The number of rotatable bonds is 6. The number of benzene rings is 1. The Morgan fingerprint density at radius 2 is 2.03 bits per heavy atom. The molecule has 1 atom stereocenters. The Kier molecular flexibility index (Phi) is 7.53. The summed E-state index contributed by atoms with van der Waals surface area (Å²) in [5.74, 6) is -0.950. The first kappa shape index (κ1) is 23.7. The Morgan fingerprint density at radius 3 is 2.57 bits per heavy atom. The van der Waals surface area contributed by atoms with Crippen LogP contribution in [0.2, 0.25) is 5.02 Å². The third-order valence-electron chi connectivity index (χ3n) is 3.85. The first-order chi connectivity index (χ1) is 14.0. The number of halogens is 4. The molecule has 30 heavy (non-hydrogen) atoms. The molecule has 9 nitrogen and oxygen atoms in total. The van der Waals surface area contributed by atoms with Gasteiger partial charge in [0.1, 0.15) is 0 Å². The van der Waals surface area contributed by atoms with Gasteiger partial charge in [-0.1, -0.05) is 24.9 Å². The van der Waals surface area contributed by atoms with E-state index in [0.29, 0.717) is 6.42 Å². The van der Waals surface area contributed by atoms with E-state index < -0.39 is 30.0 Å². The monoisotopic (exact) mass is 467 g/mol. The topological polar surface area (TPSA) is 112 Å². The quantitative estimate of drug-likeness (QED) is 0.508. The van der Waals surface area contributed by atoms with Gasteiger partial charge in [-0.05, 0) is 28.8 Å². The zero-order valence-corrected chi connectivity index (χ0v) is 17.5. The molecule has 0 aliphatic heterocycles. The van der Waals surface area contributed by atoms with Gasteiger partial charge in [0, 0.05) is 18.4 Å². The number of aromatic nitrogens is 4. The van der Waals surface area contributed by atoms with Crippen molar-refractivity contribution in [1.82, 2.24) is 19.8 Å². The van der Waals surface area contributed by atoms with Crippen LogP contribution >= 0.6 is 23.4 Å². The predicted octanol–water partition coefficient (Wildman–Crippen LogP) is 3.75. The predicted molar refractivity (Wildman–Crippen MR) is 100 cm³/mol. The van der Waals surface area contributed by atoms with Gasteiger partial charge in [0.15, 0.2) is 0 Å². The number of alkyl halides is 3. The van der Waals surface area contributed by atoms with Crippen LogP contribution in [0.5, 0.6) is 0 Å². The molecule has 1 unspecified atom stereocenters. The van der Waals surface area contributed by atoms with Crippen molar-refractivity contribution in [2.75, 3.05) is 6.26 Å². The van der Waals surface area contributed by atoms with E-state index in [2.05, 4.69) is 15.4 Å². The molecule has 1 aromatic heterocycles. The second-order valence-corrected chi connectivity index (χ2v) is 7.09. The van der Waals surface area contributed by atoms with E-state index in [1.54, 1.807) is 6.92 Å². The number of carboxylic acid groups (broad SMARTS) is 1. The zero-order chi connectivity index (χ0) is 22.6. The van der Waals surface area contributed by atoms with Crippen LogP contribution in [-0.2, 0) is 18.0 Å². The molecular weight excluding hydrogens is 451 g/mol. The zero-order valence-electron chi connectivity index (χ0n) is 16.0. The molecule has 2 aromatic rings. The van der Waals surface area contributed by atoms with Crippen LogP contribution in [-0.4, -0.2) is 43.2 Å². The lowest BCUT2D eigenvalue weighted by Crippen LogP contribution is -2.32. The summed E-state index contributed by atoms with van der Waals surface area (Å²) in [5, 5.41) is 16.0. The summed E-state index contributed by atoms with van der Waals surface area (Å²) in [6, 6.07) is 1.69. The van der Waals surface area contributed by atoms with Crippen molar-refractivity contribution in [1.29, 1.82) is 0 Å². The molecule has 164 valence electrons. The second-order valence-electron chi connectivity index (χ2n) is 5.90. The van der Waals surface area contributed by atoms with Gasteiger partial charge >= 0.3 is 12.3 Å². The lowest BCUT2D eigenvalue weighted by molar-refractivity contribution is -0.139. The Hall–Kier alpha value is -2.54. The fourth-order valence-electron chi connectivity index (χ4n) is 2.53. The lowest BCUT2D eigenvalue weighted by atomic mass is 10.1. The van der Waals surface area contributed by atoms with Gasteiger partial charge in [0.2, 0.25) is 6.23 Å². The lowest BCUT2D eigenvalue weighted by Gasteiger charge is -2.15. The molecule has 14 heteroatoms. The van der Waals surface area contributed by atoms with Crippen molar-refractivity contribution in [2.45, 2.75) is 37.1 Å². The number of carbonyl (C=O) groups excluding carboxylic acids is 1. The minimum Gasteiger partial charge on any atom is -0.450 e. The van der Waals surface area contributed by atoms with Crippen LogP contribution in [0.25, 0.3) is 0 Å². The third-order valence-corrected chi connectivity index (χ3v) is 5.19. The first-order valence-electron chi connectivity index (χ1n) is 8.42. The van der Waals surface area contributed by atoms with Crippen LogP contribution in [0.1, 0.15) is 41.9 Å². The number of carbonyl (C=O) groups is 2. The summed E-state index contributed by atoms with van der Waals surface area (Å²) in [7, 11) is 1.40. The van der Waals surface area contributed by atoms with Gasteiger partial charge in [-0.2, -0.15) is 22.8 Å². The molecule has 0 saturated carbocycles. The first-order valence-corrected chi connectivity index (χ1v) is 10.0. The molecule has 0 spiro atoms. The summed E-state index contributed by atoms with van der Waals surface area (Å²) in [6.07, 6.45) is -5.14. The third kappa shape index (κ3) is 5.14. The summed E-state index contributed by atoms with van der Waals surface area (Å²) < 4.78 is 46.3. The molecule has 0 aliphatic rings. The van der Waals surface area contributed by atoms with Crippen molar-refractivity contribution in [3.63, 3.8) is 0 Å². The van der Waals surface area contributed by atoms with E-state index in [9.17, 15) is 22.8 Å². The van der Waals surface area contributed by atoms with Crippen molar-refractivity contribution < 1.29 is 32.6 Å². The fourth-order valence-corrected chi connectivity index (χ4v) is 3.70. The van der Waals surface area contributed by atoms with Crippen molar-refractivity contribution in [3.05, 3.63) is 33.9 Å². The van der Waals surface area contributed by atoms with Crippen LogP contribution in [0, 0.1) is 0 Å². The van der Waals surface area contributed by atoms with E-state index in [4.69, 9.17) is 21.4 Å². The molecular formula is C16H17ClF3N5O4S. The summed E-state index contributed by atoms with van der Waals surface area (Å²) >= 11 is 6.81. The van der Waals surface area contributed by atoms with Gasteiger partial charge in [-0.25, -0.2) is 9.48 Å². The highest BCUT2D eigenvalue weighted by atomic mass is 35.5. The van der Waals surface area contributed by atoms with Gasteiger partial charge in [0.05, 0.1) is 16.1 Å². The smallest absolute Gasteiger partial charge is 0.450 e. The maximum atomic E-state index is 13.2. The molecule has 1 aromatic carbocycles. The summed E-state index contributed by atoms with van der Waals surface area (Å²) in [5.41, 5.74) is -1.39. The molecule has 0 bridgehead atoms. The highest BCUT2D eigenvalue weighted by Gasteiger charge is 2.35. The average Bonchev–Trinajstić information content (AvgIpc) is 3.00. The van der Waals surface area contributed by atoms with Gasteiger partial charge in [-0.15, -0.1) is 11.8 Å². The molecule has 0 saturated heterocycles. The van der Waals surface area contributed by atoms with Gasteiger partial charge in [0.25, 0.3) is 11.5 Å². The highest BCUT2D eigenvalue weighted by molar-refractivity contribution is 7.98. The Labute approximate surface area is 177 Å². The number of amides is 1. The number of tetrazole rings is 1. The van der Waals surface area contributed by atoms with E-state index in [1.165, 1.54) is 13.3 Å². The summed E-state index contributed by atoms with van der Waals surface area (Å²) in [6.45, 7) is 1.78. The SMILES string of the molecule is CCCC(OC(=O)O)n1nnn(C)c1=NC(=O)c1ccc(C(F)(F)F)c(SC)c1Cl. The number of thioether (sulfide) groups is 1. The Bertz CT molecular complexity index is 1020. The number of aryl methyl sites for hydroxylation is 1. The normalized spacial score (nSPS) is 13.4. The van der Waals surface area contributed by atoms with Crippen molar-refractivity contribution in [2.24, 2.45) is 12.0 Å². The van der Waals surface area contributed by atoms with Crippen LogP contribution < -0.4 is 5.62 Å². The molecule has 1 amide bonds. The number of nitrogens with zero attached hydrogens (tertiary/aromatic N) is 5. The average molecular weight is 468 g/mol. The molecule has 1 N–H and O–H groups in total. The van der Waals surface area contributed by atoms with E-state index in [-0.39, 0.29) is 27.5 Å². The molecule has 1 heterocycles. The summed E-state index contributed by atoms with van der Waals surface area (Å²) in [4.78, 5) is 27.2. The minimum absolute atomic E-state index is 0.165. The molecule has 2 rings (SSSR count). The molecule has 0 radical (unpaired) electrons.